The maximum absolute atomic E-state index is 12.7. The lowest BCUT2D eigenvalue weighted by molar-refractivity contribution is -0.141. The quantitative estimate of drug-likeness (QED) is 0.912. The monoisotopic (exact) mass is 305 g/mol. The molecule has 21 heavy (non-hydrogen) atoms. The molecule has 2 atom stereocenters. The molecule has 1 aromatic carbocycles. The summed E-state index contributed by atoms with van der Waals surface area (Å²) in [6.45, 7) is 1.89. The normalized spacial score (nSPS) is 24.7. The number of carbonyl (C=O) groups is 2. The van der Waals surface area contributed by atoms with Gasteiger partial charge in [0, 0.05) is 11.3 Å². The van der Waals surface area contributed by atoms with Gasteiger partial charge in [-0.3, -0.25) is 4.79 Å². The summed E-state index contributed by atoms with van der Waals surface area (Å²) in [6.07, 6.45) is 4.47. The van der Waals surface area contributed by atoms with Gasteiger partial charge in [-0.1, -0.05) is 6.07 Å². The third kappa shape index (κ3) is 2.67. The van der Waals surface area contributed by atoms with Crippen LogP contribution in [0.4, 0.5) is 0 Å². The number of carbonyl (C=O) groups excluding carboxylic acids is 1. The van der Waals surface area contributed by atoms with Crippen LogP contribution in [0.1, 0.15) is 41.3 Å². The van der Waals surface area contributed by atoms with E-state index in [2.05, 4.69) is 0 Å². The molecule has 1 amide bonds. The van der Waals surface area contributed by atoms with Gasteiger partial charge in [-0.2, -0.15) is 0 Å². The van der Waals surface area contributed by atoms with Crippen LogP contribution < -0.4 is 0 Å². The fourth-order valence-electron chi connectivity index (χ4n) is 3.16. The van der Waals surface area contributed by atoms with Gasteiger partial charge in [0.1, 0.15) is 6.04 Å². The summed E-state index contributed by atoms with van der Waals surface area (Å²) < 4.78 is 0. The number of rotatable bonds is 2. The lowest BCUT2D eigenvalue weighted by atomic mass is 9.90. The molecule has 0 bridgehead atoms. The largest absolute Gasteiger partial charge is 0.480 e. The van der Waals surface area contributed by atoms with Crippen molar-refractivity contribution in [2.75, 3.05) is 5.75 Å². The molecule has 3 rings (SSSR count). The summed E-state index contributed by atoms with van der Waals surface area (Å²) in [4.78, 5) is 25.5. The van der Waals surface area contributed by atoms with Gasteiger partial charge < -0.3 is 10.0 Å². The molecule has 1 heterocycles. The minimum absolute atomic E-state index is 0.0883. The zero-order valence-electron chi connectivity index (χ0n) is 12.0. The molecule has 1 aliphatic heterocycles. The second-order valence-electron chi connectivity index (χ2n) is 5.69. The number of nitrogens with zero attached hydrogens (tertiary/aromatic N) is 1. The van der Waals surface area contributed by atoms with Gasteiger partial charge in [0.2, 0.25) is 0 Å². The molecular weight excluding hydrogens is 286 g/mol. The van der Waals surface area contributed by atoms with E-state index >= 15 is 0 Å². The van der Waals surface area contributed by atoms with Gasteiger partial charge in [0.25, 0.3) is 5.91 Å². The number of hydrogen-bond acceptors (Lipinski definition) is 3. The molecule has 4 nitrogen and oxygen atoms in total. The van der Waals surface area contributed by atoms with Gasteiger partial charge in [-0.15, -0.1) is 11.8 Å². The summed E-state index contributed by atoms with van der Waals surface area (Å²) in [5.74, 6) is -0.612. The summed E-state index contributed by atoms with van der Waals surface area (Å²) in [5.41, 5.74) is 3.20. The third-order valence-electron chi connectivity index (χ3n) is 4.34. The minimum atomic E-state index is -0.918. The lowest BCUT2D eigenvalue weighted by Crippen LogP contribution is -2.44. The Morgan fingerprint density at radius 1 is 1.24 bits per heavy atom. The molecule has 1 saturated heterocycles. The maximum Gasteiger partial charge on any atom is 0.327 e. The highest BCUT2D eigenvalue weighted by Gasteiger charge is 2.39. The predicted molar refractivity (Wildman–Crippen MR) is 82.6 cm³/mol. The van der Waals surface area contributed by atoms with Crippen molar-refractivity contribution in [3.8, 4) is 0 Å². The topological polar surface area (TPSA) is 57.6 Å². The molecule has 1 aromatic rings. The fourth-order valence-corrected chi connectivity index (χ4v) is 4.32. The van der Waals surface area contributed by atoms with Crippen LogP contribution in [0.3, 0.4) is 0 Å². The SMILES string of the molecule is CC1SCC(C(=O)O)N1C(=O)c1ccc2c(c1)CCCC2. The van der Waals surface area contributed by atoms with Gasteiger partial charge in [0.15, 0.2) is 0 Å². The van der Waals surface area contributed by atoms with Crippen LogP contribution in [-0.2, 0) is 17.6 Å². The van der Waals surface area contributed by atoms with Crippen molar-refractivity contribution in [1.82, 2.24) is 4.90 Å². The second-order valence-corrected chi connectivity index (χ2v) is 7.04. The molecule has 0 saturated carbocycles. The van der Waals surface area contributed by atoms with Crippen molar-refractivity contribution in [2.45, 2.75) is 44.0 Å². The van der Waals surface area contributed by atoms with Crippen molar-refractivity contribution in [3.63, 3.8) is 0 Å². The number of carboxylic acids is 1. The Labute approximate surface area is 128 Å². The van der Waals surface area contributed by atoms with Crippen LogP contribution in [0.2, 0.25) is 0 Å². The summed E-state index contributed by atoms with van der Waals surface area (Å²) in [6, 6.07) is 5.13. The minimum Gasteiger partial charge on any atom is -0.480 e. The number of amides is 1. The Bertz CT molecular complexity index is 587. The molecule has 1 N–H and O–H groups in total. The first kappa shape index (κ1) is 14.4. The first-order valence-corrected chi connectivity index (χ1v) is 8.41. The van der Waals surface area contributed by atoms with Gasteiger partial charge >= 0.3 is 5.97 Å². The number of aryl methyl sites for hydroxylation is 2. The van der Waals surface area contributed by atoms with Crippen LogP contribution in [0, 0.1) is 0 Å². The van der Waals surface area contributed by atoms with E-state index in [9.17, 15) is 14.7 Å². The number of carboxylic acid groups (broad SMARTS) is 1. The second kappa shape index (κ2) is 5.72. The lowest BCUT2D eigenvalue weighted by Gasteiger charge is -2.26. The van der Waals surface area contributed by atoms with Gasteiger partial charge in [0.05, 0.1) is 5.37 Å². The smallest absolute Gasteiger partial charge is 0.327 e. The first-order chi connectivity index (χ1) is 10.1. The predicted octanol–water partition coefficient (Wildman–Crippen LogP) is 2.55. The number of benzene rings is 1. The van der Waals surface area contributed by atoms with Crippen LogP contribution in [-0.4, -0.2) is 39.1 Å². The Kier molecular flexibility index (Phi) is 3.93. The van der Waals surface area contributed by atoms with E-state index in [0.717, 1.165) is 12.8 Å². The van der Waals surface area contributed by atoms with Crippen molar-refractivity contribution < 1.29 is 14.7 Å². The Morgan fingerprint density at radius 3 is 2.67 bits per heavy atom. The van der Waals surface area contributed by atoms with E-state index in [0.29, 0.717) is 11.3 Å². The highest BCUT2D eigenvalue weighted by Crippen LogP contribution is 2.31. The van der Waals surface area contributed by atoms with E-state index in [1.54, 1.807) is 0 Å². The van der Waals surface area contributed by atoms with Crippen molar-refractivity contribution in [3.05, 3.63) is 34.9 Å². The highest BCUT2D eigenvalue weighted by molar-refractivity contribution is 8.00. The number of hydrogen-bond donors (Lipinski definition) is 1. The molecule has 2 unspecified atom stereocenters. The van der Waals surface area contributed by atoms with E-state index in [1.165, 1.54) is 40.6 Å². The first-order valence-electron chi connectivity index (χ1n) is 7.37. The van der Waals surface area contributed by atoms with E-state index < -0.39 is 12.0 Å². The third-order valence-corrected chi connectivity index (χ3v) is 5.56. The summed E-state index contributed by atoms with van der Waals surface area (Å²) in [5, 5.41) is 9.19. The highest BCUT2D eigenvalue weighted by atomic mass is 32.2. The van der Waals surface area contributed by atoms with Crippen LogP contribution in [0.15, 0.2) is 18.2 Å². The van der Waals surface area contributed by atoms with E-state index in [1.807, 2.05) is 25.1 Å². The molecular formula is C16H19NO3S. The molecule has 2 aliphatic rings. The molecule has 5 heteroatoms. The maximum atomic E-state index is 12.7. The average Bonchev–Trinajstić information content (AvgIpc) is 2.88. The molecule has 1 aliphatic carbocycles. The zero-order chi connectivity index (χ0) is 15.0. The molecule has 0 aromatic heterocycles. The van der Waals surface area contributed by atoms with Gasteiger partial charge in [-0.05, 0) is 55.9 Å². The fraction of sp³-hybridized carbons (Fsp3) is 0.500. The molecule has 1 fully saturated rings. The molecule has 0 spiro atoms. The van der Waals surface area contributed by atoms with Crippen LogP contribution in [0.5, 0.6) is 0 Å². The van der Waals surface area contributed by atoms with Crippen molar-refractivity contribution in [1.29, 1.82) is 0 Å². The van der Waals surface area contributed by atoms with E-state index in [4.69, 9.17) is 0 Å². The Balaban J connectivity index is 1.89. The van der Waals surface area contributed by atoms with Crippen molar-refractivity contribution in [2.24, 2.45) is 0 Å². The summed E-state index contributed by atoms with van der Waals surface area (Å²) >= 11 is 1.52. The zero-order valence-corrected chi connectivity index (χ0v) is 12.9. The standard InChI is InChI=1S/C16H19NO3S/c1-10-17(14(9-21-10)16(19)20)15(18)13-7-6-11-4-2-3-5-12(11)8-13/h6-8,10,14H,2-5,9H2,1H3,(H,19,20). The molecule has 112 valence electrons. The average molecular weight is 305 g/mol. The van der Waals surface area contributed by atoms with Crippen molar-refractivity contribution >= 4 is 23.6 Å². The van der Waals surface area contributed by atoms with Gasteiger partial charge in [-0.25, -0.2) is 4.79 Å². The number of thioether (sulfide) groups is 1. The van der Waals surface area contributed by atoms with E-state index in [-0.39, 0.29) is 11.3 Å². The number of fused-ring (bicyclic) bond motifs is 1. The molecule has 0 radical (unpaired) electrons. The number of aliphatic carboxylic acids is 1. The van der Waals surface area contributed by atoms with Crippen LogP contribution >= 0.6 is 11.8 Å². The summed E-state index contributed by atoms with van der Waals surface area (Å²) in [7, 11) is 0. The Morgan fingerprint density at radius 2 is 1.95 bits per heavy atom. The van der Waals surface area contributed by atoms with Crippen LogP contribution in [0.25, 0.3) is 0 Å². The Hall–Kier alpha value is -1.49.